The van der Waals surface area contributed by atoms with Crippen molar-refractivity contribution in [3.63, 3.8) is 0 Å². The number of ether oxygens (including phenoxy) is 1. The number of carbonyl (C=O) groups excluding carboxylic acids is 2. The van der Waals surface area contributed by atoms with Crippen LogP contribution in [-0.2, 0) is 9.53 Å². The summed E-state index contributed by atoms with van der Waals surface area (Å²) in [6, 6.07) is 6.86. The third kappa shape index (κ3) is 4.00. The molecule has 128 valence electrons. The quantitative estimate of drug-likeness (QED) is 0.814. The van der Waals surface area contributed by atoms with Crippen LogP contribution in [0.3, 0.4) is 0 Å². The van der Waals surface area contributed by atoms with Crippen molar-refractivity contribution in [1.82, 2.24) is 10.3 Å². The van der Waals surface area contributed by atoms with Gasteiger partial charge in [-0.3, -0.25) is 9.78 Å². The second kappa shape index (κ2) is 8.06. The monoisotopic (exact) mass is 346 g/mol. The van der Waals surface area contributed by atoms with Crippen LogP contribution in [0.5, 0.6) is 0 Å². The first-order valence-corrected chi connectivity index (χ1v) is 8.76. The van der Waals surface area contributed by atoms with E-state index in [1.54, 1.807) is 24.3 Å². The number of esters is 1. The van der Waals surface area contributed by atoms with Crippen LogP contribution >= 0.6 is 11.3 Å². The first kappa shape index (κ1) is 18.1. The van der Waals surface area contributed by atoms with Gasteiger partial charge in [0.1, 0.15) is 6.04 Å². The third-order valence-corrected chi connectivity index (χ3v) is 4.95. The number of thiophene rings is 1. The van der Waals surface area contributed by atoms with Crippen molar-refractivity contribution in [3.8, 4) is 10.6 Å². The maximum Gasteiger partial charge on any atom is 0.328 e. The van der Waals surface area contributed by atoms with Crippen LogP contribution in [0.4, 0.5) is 0 Å². The molecular formula is C18H22N2O3S. The minimum Gasteiger partial charge on any atom is -0.467 e. The van der Waals surface area contributed by atoms with E-state index in [-0.39, 0.29) is 11.8 Å². The van der Waals surface area contributed by atoms with Gasteiger partial charge in [0.15, 0.2) is 0 Å². The van der Waals surface area contributed by atoms with E-state index in [9.17, 15) is 9.59 Å². The molecule has 0 aliphatic carbocycles. The van der Waals surface area contributed by atoms with E-state index < -0.39 is 12.0 Å². The number of hydrogen-bond donors (Lipinski definition) is 1. The van der Waals surface area contributed by atoms with Crippen LogP contribution in [0.15, 0.2) is 29.6 Å². The standard InChI is InChI=1S/C18H22N2O3S/c1-5-11(2)16(18(22)23-4)20-17(21)13-8-9-14(19-12(13)3)15-7-6-10-24-15/h6-11,16H,5H2,1-4H3,(H,20,21). The summed E-state index contributed by atoms with van der Waals surface area (Å²) in [5, 5.41) is 4.77. The minimum absolute atomic E-state index is 0.0138. The smallest absolute Gasteiger partial charge is 0.328 e. The van der Waals surface area contributed by atoms with Gasteiger partial charge in [0.25, 0.3) is 5.91 Å². The Morgan fingerprint density at radius 2 is 2.08 bits per heavy atom. The van der Waals surface area contributed by atoms with E-state index in [2.05, 4.69) is 10.3 Å². The Labute approximate surface area is 146 Å². The molecule has 0 fully saturated rings. The van der Waals surface area contributed by atoms with Gasteiger partial charge in [-0.05, 0) is 36.4 Å². The van der Waals surface area contributed by atoms with E-state index in [0.29, 0.717) is 11.3 Å². The van der Waals surface area contributed by atoms with Gasteiger partial charge >= 0.3 is 5.97 Å². The Balaban J connectivity index is 2.21. The summed E-state index contributed by atoms with van der Waals surface area (Å²) in [6.45, 7) is 5.67. The number of methoxy groups -OCH3 is 1. The van der Waals surface area contributed by atoms with E-state index in [1.807, 2.05) is 37.4 Å². The summed E-state index contributed by atoms with van der Waals surface area (Å²) in [7, 11) is 1.33. The van der Waals surface area contributed by atoms with Gasteiger partial charge in [0.2, 0.25) is 0 Å². The molecule has 1 amide bonds. The largest absolute Gasteiger partial charge is 0.467 e. The summed E-state index contributed by atoms with van der Waals surface area (Å²) >= 11 is 1.60. The summed E-state index contributed by atoms with van der Waals surface area (Å²) in [6.07, 6.45) is 0.759. The molecule has 0 aliphatic rings. The zero-order chi connectivity index (χ0) is 17.7. The van der Waals surface area contributed by atoms with Crippen molar-refractivity contribution < 1.29 is 14.3 Å². The highest BCUT2D eigenvalue weighted by Gasteiger charge is 2.27. The van der Waals surface area contributed by atoms with Crippen molar-refractivity contribution in [3.05, 3.63) is 40.9 Å². The lowest BCUT2D eigenvalue weighted by molar-refractivity contribution is -0.144. The maximum absolute atomic E-state index is 12.6. The van der Waals surface area contributed by atoms with Crippen LogP contribution in [0.2, 0.25) is 0 Å². The molecule has 0 aromatic carbocycles. The molecular weight excluding hydrogens is 324 g/mol. The van der Waals surface area contributed by atoms with Crippen LogP contribution in [-0.4, -0.2) is 30.0 Å². The summed E-state index contributed by atoms with van der Waals surface area (Å²) in [5.74, 6) is -0.757. The highest BCUT2D eigenvalue weighted by molar-refractivity contribution is 7.13. The first-order valence-electron chi connectivity index (χ1n) is 7.88. The van der Waals surface area contributed by atoms with Gasteiger partial charge in [0.05, 0.1) is 28.9 Å². The molecule has 2 heterocycles. The molecule has 6 heteroatoms. The molecule has 2 aromatic rings. The Morgan fingerprint density at radius 3 is 2.62 bits per heavy atom. The Morgan fingerprint density at radius 1 is 1.33 bits per heavy atom. The van der Waals surface area contributed by atoms with E-state index in [4.69, 9.17) is 4.74 Å². The molecule has 2 atom stereocenters. The number of amides is 1. The van der Waals surface area contributed by atoms with Gasteiger partial charge in [0, 0.05) is 0 Å². The van der Waals surface area contributed by atoms with Gasteiger partial charge < -0.3 is 10.1 Å². The van der Waals surface area contributed by atoms with Gasteiger partial charge in [-0.1, -0.05) is 26.3 Å². The predicted molar refractivity (Wildman–Crippen MR) is 95.0 cm³/mol. The Hall–Kier alpha value is -2.21. The summed E-state index contributed by atoms with van der Waals surface area (Å²) in [5.41, 5.74) is 1.93. The first-order chi connectivity index (χ1) is 11.5. The number of pyridine rings is 1. The molecule has 0 saturated heterocycles. The SMILES string of the molecule is CCC(C)C(NC(=O)c1ccc(-c2cccs2)nc1C)C(=O)OC. The van der Waals surface area contributed by atoms with Gasteiger partial charge in [-0.2, -0.15) is 0 Å². The Bertz CT molecular complexity index is 713. The summed E-state index contributed by atoms with van der Waals surface area (Å²) in [4.78, 5) is 30.0. The lowest BCUT2D eigenvalue weighted by Crippen LogP contribution is -2.45. The normalized spacial score (nSPS) is 13.2. The number of aromatic nitrogens is 1. The molecule has 0 spiro atoms. The van der Waals surface area contributed by atoms with E-state index in [0.717, 1.165) is 17.0 Å². The predicted octanol–water partition coefficient (Wildman–Crippen LogP) is 3.44. The fraction of sp³-hybridized carbons (Fsp3) is 0.389. The topological polar surface area (TPSA) is 68.3 Å². The van der Waals surface area contributed by atoms with Crippen molar-refractivity contribution in [2.75, 3.05) is 7.11 Å². The number of rotatable bonds is 6. The fourth-order valence-electron chi connectivity index (χ4n) is 2.38. The molecule has 0 bridgehead atoms. The zero-order valence-corrected chi connectivity index (χ0v) is 15.1. The lowest BCUT2D eigenvalue weighted by atomic mass is 9.98. The lowest BCUT2D eigenvalue weighted by Gasteiger charge is -2.22. The van der Waals surface area contributed by atoms with Crippen LogP contribution in [0.25, 0.3) is 10.6 Å². The highest BCUT2D eigenvalue weighted by Crippen LogP contribution is 2.24. The average molecular weight is 346 g/mol. The molecule has 2 unspecified atom stereocenters. The second-order valence-corrected chi connectivity index (χ2v) is 6.61. The average Bonchev–Trinajstić information content (AvgIpc) is 3.12. The third-order valence-electron chi connectivity index (χ3n) is 4.06. The highest BCUT2D eigenvalue weighted by atomic mass is 32.1. The van der Waals surface area contributed by atoms with Gasteiger partial charge in [-0.25, -0.2) is 4.79 Å². The summed E-state index contributed by atoms with van der Waals surface area (Å²) < 4.78 is 4.80. The number of hydrogen-bond acceptors (Lipinski definition) is 5. The van der Waals surface area contributed by atoms with Crippen LogP contribution in [0, 0.1) is 12.8 Å². The molecule has 0 saturated carbocycles. The molecule has 0 aliphatic heterocycles. The van der Waals surface area contributed by atoms with E-state index in [1.165, 1.54) is 7.11 Å². The van der Waals surface area contributed by atoms with Crippen molar-refractivity contribution in [2.24, 2.45) is 5.92 Å². The number of aryl methyl sites for hydroxylation is 1. The Kier molecular flexibility index (Phi) is 6.09. The number of nitrogens with zero attached hydrogens (tertiary/aromatic N) is 1. The molecule has 5 nitrogen and oxygen atoms in total. The van der Waals surface area contributed by atoms with Crippen molar-refractivity contribution >= 4 is 23.2 Å². The van der Waals surface area contributed by atoms with Crippen molar-refractivity contribution in [1.29, 1.82) is 0 Å². The van der Waals surface area contributed by atoms with Crippen LogP contribution < -0.4 is 5.32 Å². The maximum atomic E-state index is 12.6. The van der Waals surface area contributed by atoms with Crippen LogP contribution in [0.1, 0.15) is 36.3 Å². The molecule has 1 N–H and O–H groups in total. The number of carbonyl (C=O) groups is 2. The zero-order valence-electron chi connectivity index (χ0n) is 14.3. The molecule has 24 heavy (non-hydrogen) atoms. The fourth-order valence-corrected chi connectivity index (χ4v) is 3.07. The molecule has 2 aromatic heterocycles. The van der Waals surface area contributed by atoms with Crippen molar-refractivity contribution in [2.45, 2.75) is 33.2 Å². The van der Waals surface area contributed by atoms with E-state index >= 15 is 0 Å². The minimum atomic E-state index is -0.663. The molecule has 2 rings (SSSR count). The van der Waals surface area contributed by atoms with Gasteiger partial charge in [-0.15, -0.1) is 11.3 Å². The second-order valence-electron chi connectivity index (χ2n) is 5.67. The molecule has 0 radical (unpaired) electrons. The number of nitrogens with one attached hydrogen (secondary N) is 1.